The molecule has 1 aromatic carbocycles. The molecule has 1 aromatic heterocycles. The van der Waals surface area contributed by atoms with Gasteiger partial charge < -0.3 is 15.2 Å². The molecule has 4 nitrogen and oxygen atoms in total. The molecule has 2 aromatic rings. The van der Waals surface area contributed by atoms with E-state index in [1.165, 1.54) is 11.3 Å². The van der Waals surface area contributed by atoms with Gasteiger partial charge in [0.2, 0.25) is 0 Å². The highest BCUT2D eigenvalue weighted by Gasteiger charge is 2.17. The van der Waals surface area contributed by atoms with E-state index in [9.17, 15) is 4.79 Å². The standard InChI is InChI=1S/C15H19NO3S/c1-9(6-7-17)16-15(18)14-10(2)12-8-11(19-3)4-5-13(12)20-14/h4-5,8-9,17H,6-7H2,1-3H3,(H,16,18). The number of amides is 1. The molecule has 0 aliphatic rings. The van der Waals surface area contributed by atoms with Crippen molar-refractivity contribution in [3.8, 4) is 5.75 Å². The number of nitrogens with one attached hydrogen (secondary N) is 1. The number of rotatable bonds is 5. The van der Waals surface area contributed by atoms with Gasteiger partial charge >= 0.3 is 0 Å². The molecule has 2 N–H and O–H groups in total. The molecule has 0 bridgehead atoms. The van der Waals surface area contributed by atoms with Crippen molar-refractivity contribution < 1.29 is 14.6 Å². The third-order valence-electron chi connectivity index (χ3n) is 3.29. The van der Waals surface area contributed by atoms with Gasteiger partial charge in [0.05, 0.1) is 12.0 Å². The van der Waals surface area contributed by atoms with E-state index in [1.54, 1.807) is 7.11 Å². The van der Waals surface area contributed by atoms with Crippen LogP contribution in [-0.4, -0.2) is 30.8 Å². The van der Waals surface area contributed by atoms with Gasteiger partial charge in [0, 0.05) is 17.3 Å². The molecule has 20 heavy (non-hydrogen) atoms. The van der Waals surface area contributed by atoms with Crippen LogP contribution in [0.3, 0.4) is 0 Å². The van der Waals surface area contributed by atoms with Gasteiger partial charge in [-0.15, -0.1) is 11.3 Å². The fourth-order valence-electron chi connectivity index (χ4n) is 2.10. The van der Waals surface area contributed by atoms with Crippen LogP contribution in [0.25, 0.3) is 10.1 Å². The monoisotopic (exact) mass is 293 g/mol. The predicted octanol–water partition coefficient (Wildman–Crippen LogP) is 2.72. The van der Waals surface area contributed by atoms with Gasteiger partial charge in [-0.25, -0.2) is 0 Å². The van der Waals surface area contributed by atoms with E-state index in [1.807, 2.05) is 32.0 Å². The van der Waals surface area contributed by atoms with Crippen molar-refractivity contribution in [2.24, 2.45) is 0 Å². The van der Waals surface area contributed by atoms with Crippen LogP contribution >= 0.6 is 11.3 Å². The lowest BCUT2D eigenvalue weighted by Gasteiger charge is -2.11. The second kappa shape index (κ2) is 6.24. The van der Waals surface area contributed by atoms with Crippen LogP contribution in [-0.2, 0) is 0 Å². The van der Waals surface area contributed by atoms with E-state index in [2.05, 4.69) is 5.32 Å². The van der Waals surface area contributed by atoms with Crippen LogP contribution in [0.2, 0.25) is 0 Å². The number of aliphatic hydroxyl groups is 1. The van der Waals surface area contributed by atoms with Crippen LogP contribution in [0.1, 0.15) is 28.6 Å². The van der Waals surface area contributed by atoms with Crippen molar-refractivity contribution in [2.45, 2.75) is 26.3 Å². The van der Waals surface area contributed by atoms with E-state index in [0.717, 1.165) is 26.3 Å². The number of carbonyl (C=O) groups is 1. The summed E-state index contributed by atoms with van der Waals surface area (Å²) >= 11 is 1.48. The molecule has 2 rings (SSSR count). The molecule has 1 atom stereocenters. The lowest BCUT2D eigenvalue weighted by molar-refractivity contribution is 0.0938. The van der Waals surface area contributed by atoms with E-state index in [4.69, 9.17) is 9.84 Å². The Morgan fingerprint density at radius 3 is 2.90 bits per heavy atom. The Kier molecular flexibility index (Phi) is 4.62. The smallest absolute Gasteiger partial charge is 0.261 e. The number of thiophene rings is 1. The minimum Gasteiger partial charge on any atom is -0.497 e. The first-order chi connectivity index (χ1) is 9.56. The van der Waals surface area contributed by atoms with Gasteiger partial charge in [0.15, 0.2) is 0 Å². The number of aryl methyl sites for hydroxylation is 1. The van der Waals surface area contributed by atoms with E-state index < -0.39 is 0 Å². The van der Waals surface area contributed by atoms with E-state index in [-0.39, 0.29) is 18.6 Å². The number of ether oxygens (including phenoxy) is 1. The van der Waals surface area contributed by atoms with Crippen LogP contribution in [0.15, 0.2) is 18.2 Å². The van der Waals surface area contributed by atoms with Crippen molar-refractivity contribution >= 4 is 27.3 Å². The third kappa shape index (κ3) is 2.94. The number of benzene rings is 1. The molecule has 0 aliphatic heterocycles. The van der Waals surface area contributed by atoms with Crippen LogP contribution in [0.4, 0.5) is 0 Å². The SMILES string of the molecule is COc1ccc2sc(C(=O)NC(C)CCO)c(C)c2c1. The highest BCUT2D eigenvalue weighted by atomic mass is 32.1. The van der Waals surface area contributed by atoms with Crippen molar-refractivity contribution in [1.82, 2.24) is 5.32 Å². The molecule has 108 valence electrons. The fourth-order valence-corrected chi connectivity index (χ4v) is 3.19. The van der Waals surface area contributed by atoms with Gasteiger partial charge in [-0.2, -0.15) is 0 Å². The molecule has 0 saturated carbocycles. The summed E-state index contributed by atoms with van der Waals surface area (Å²) in [6, 6.07) is 5.79. The fraction of sp³-hybridized carbons (Fsp3) is 0.400. The Morgan fingerprint density at radius 1 is 1.50 bits per heavy atom. The summed E-state index contributed by atoms with van der Waals surface area (Å²) < 4.78 is 6.29. The highest BCUT2D eigenvalue weighted by Crippen LogP contribution is 2.33. The quantitative estimate of drug-likeness (QED) is 0.891. The Hall–Kier alpha value is -1.59. The van der Waals surface area contributed by atoms with Crippen molar-refractivity contribution in [3.63, 3.8) is 0 Å². The van der Waals surface area contributed by atoms with Gasteiger partial charge in [0.25, 0.3) is 5.91 Å². The predicted molar refractivity (Wildman–Crippen MR) is 81.7 cm³/mol. The molecule has 0 saturated heterocycles. The molecule has 1 unspecified atom stereocenters. The average molecular weight is 293 g/mol. The molecule has 0 aliphatic carbocycles. The van der Waals surface area contributed by atoms with Gasteiger partial charge in [0.1, 0.15) is 5.75 Å². The Balaban J connectivity index is 2.30. The molecule has 1 amide bonds. The Morgan fingerprint density at radius 2 is 2.25 bits per heavy atom. The van der Waals surface area contributed by atoms with Crippen LogP contribution in [0, 0.1) is 6.92 Å². The van der Waals surface area contributed by atoms with Gasteiger partial charge in [-0.05, 0) is 49.4 Å². The maximum atomic E-state index is 12.3. The number of hydrogen-bond donors (Lipinski definition) is 2. The zero-order valence-electron chi connectivity index (χ0n) is 11.9. The second-order valence-corrected chi connectivity index (χ2v) is 5.86. The van der Waals surface area contributed by atoms with Crippen molar-refractivity contribution in [3.05, 3.63) is 28.6 Å². The first-order valence-electron chi connectivity index (χ1n) is 6.55. The molecular weight excluding hydrogens is 274 g/mol. The molecule has 5 heteroatoms. The summed E-state index contributed by atoms with van der Waals surface area (Å²) in [7, 11) is 1.63. The number of aliphatic hydroxyl groups excluding tert-OH is 1. The average Bonchev–Trinajstić information content (AvgIpc) is 2.76. The molecule has 0 spiro atoms. The lowest BCUT2D eigenvalue weighted by atomic mass is 10.1. The third-order valence-corrected chi connectivity index (χ3v) is 4.56. The van der Waals surface area contributed by atoms with Crippen LogP contribution in [0.5, 0.6) is 5.75 Å². The molecule has 0 fully saturated rings. The van der Waals surface area contributed by atoms with Crippen molar-refractivity contribution in [1.29, 1.82) is 0 Å². The summed E-state index contributed by atoms with van der Waals surface area (Å²) in [5.74, 6) is 0.711. The topological polar surface area (TPSA) is 58.6 Å². The molecular formula is C15H19NO3S. The number of methoxy groups -OCH3 is 1. The number of carbonyl (C=O) groups excluding carboxylic acids is 1. The molecule has 0 radical (unpaired) electrons. The number of fused-ring (bicyclic) bond motifs is 1. The minimum atomic E-state index is -0.0800. The van der Waals surface area contributed by atoms with Gasteiger partial charge in [-0.3, -0.25) is 4.79 Å². The maximum absolute atomic E-state index is 12.3. The van der Waals surface area contributed by atoms with Crippen LogP contribution < -0.4 is 10.1 Å². The van der Waals surface area contributed by atoms with E-state index >= 15 is 0 Å². The summed E-state index contributed by atoms with van der Waals surface area (Å²) in [6.45, 7) is 3.91. The Labute approximate surface area is 122 Å². The molecule has 1 heterocycles. The van der Waals surface area contributed by atoms with Crippen molar-refractivity contribution in [2.75, 3.05) is 13.7 Å². The summed E-state index contributed by atoms with van der Waals surface area (Å²) in [5, 5.41) is 12.8. The lowest BCUT2D eigenvalue weighted by Crippen LogP contribution is -2.32. The first kappa shape index (κ1) is 14.8. The second-order valence-electron chi connectivity index (χ2n) is 4.81. The number of hydrogen-bond acceptors (Lipinski definition) is 4. The summed E-state index contributed by atoms with van der Waals surface area (Å²) in [5.41, 5.74) is 0.970. The zero-order chi connectivity index (χ0) is 14.7. The minimum absolute atomic E-state index is 0.0355. The zero-order valence-corrected chi connectivity index (χ0v) is 12.7. The Bertz CT molecular complexity index is 621. The normalized spacial score (nSPS) is 12.4. The summed E-state index contributed by atoms with van der Waals surface area (Å²) in [4.78, 5) is 13.0. The maximum Gasteiger partial charge on any atom is 0.261 e. The highest BCUT2D eigenvalue weighted by molar-refractivity contribution is 7.21. The summed E-state index contributed by atoms with van der Waals surface area (Å²) in [6.07, 6.45) is 0.559. The van der Waals surface area contributed by atoms with E-state index in [0.29, 0.717) is 6.42 Å². The largest absolute Gasteiger partial charge is 0.497 e. The van der Waals surface area contributed by atoms with Gasteiger partial charge in [-0.1, -0.05) is 0 Å². The first-order valence-corrected chi connectivity index (χ1v) is 7.37.